The smallest absolute Gasteiger partial charge is 0.260 e. The standard InChI is InChI=1S/C17H23ClN4O3/c1-17(2,19)10-22(3)16(24)9-25-11-4-5-12(13(18)8-11)14-6-7-15(23)21-20-14/h4-5,8H,6-7,9-10,19H2,1-3H3,(H,21,23). The number of nitrogens with two attached hydrogens (primary N) is 1. The molecule has 0 saturated heterocycles. The van der Waals surface area contributed by atoms with Gasteiger partial charge in [0.25, 0.3) is 5.91 Å². The Bertz CT molecular complexity index is 698. The summed E-state index contributed by atoms with van der Waals surface area (Å²) < 4.78 is 5.52. The van der Waals surface area contributed by atoms with Crippen molar-refractivity contribution in [1.82, 2.24) is 10.3 Å². The summed E-state index contributed by atoms with van der Waals surface area (Å²) >= 11 is 6.28. The predicted molar refractivity (Wildman–Crippen MR) is 96.8 cm³/mol. The van der Waals surface area contributed by atoms with E-state index in [0.717, 1.165) is 11.3 Å². The number of hydrogen-bond donors (Lipinski definition) is 2. The van der Waals surface area contributed by atoms with Crippen LogP contribution in [0.25, 0.3) is 0 Å². The molecule has 136 valence electrons. The lowest BCUT2D eigenvalue weighted by atomic mass is 10.0. The highest BCUT2D eigenvalue weighted by molar-refractivity contribution is 6.34. The van der Waals surface area contributed by atoms with Gasteiger partial charge >= 0.3 is 0 Å². The Hall–Kier alpha value is -2.12. The number of hydrazone groups is 1. The number of amides is 2. The van der Waals surface area contributed by atoms with E-state index >= 15 is 0 Å². The SMILES string of the molecule is CN(CC(C)(C)N)C(=O)COc1ccc(C2=NNC(=O)CC2)c(Cl)c1. The Morgan fingerprint density at radius 2 is 2.16 bits per heavy atom. The van der Waals surface area contributed by atoms with E-state index in [-0.39, 0.29) is 18.4 Å². The number of ether oxygens (including phenoxy) is 1. The van der Waals surface area contributed by atoms with E-state index in [9.17, 15) is 9.59 Å². The van der Waals surface area contributed by atoms with Crippen LogP contribution >= 0.6 is 11.6 Å². The summed E-state index contributed by atoms with van der Waals surface area (Å²) in [6.07, 6.45) is 0.912. The number of halogens is 1. The van der Waals surface area contributed by atoms with Crippen molar-refractivity contribution in [2.75, 3.05) is 20.2 Å². The van der Waals surface area contributed by atoms with Gasteiger partial charge < -0.3 is 15.4 Å². The maximum atomic E-state index is 12.1. The monoisotopic (exact) mass is 366 g/mol. The second-order valence-corrected chi connectivity index (χ2v) is 7.17. The number of rotatable bonds is 6. The zero-order valence-corrected chi connectivity index (χ0v) is 15.4. The highest BCUT2D eigenvalue weighted by atomic mass is 35.5. The molecule has 0 spiro atoms. The van der Waals surface area contributed by atoms with E-state index in [0.29, 0.717) is 30.2 Å². The fourth-order valence-electron chi connectivity index (χ4n) is 2.44. The van der Waals surface area contributed by atoms with Crippen LogP contribution in [0.2, 0.25) is 5.02 Å². The minimum atomic E-state index is -0.467. The number of likely N-dealkylation sites (N-methyl/N-ethyl adjacent to an activating group) is 1. The average Bonchev–Trinajstić information content (AvgIpc) is 2.52. The molecule has 2 rings (SSSR count). The topological polar surface area (TPSA) is 97.0 Å². The first kappa shape index (κ1) is 19.2. The van der Waals surface area contributed by atoms with Crippen molar-refractivity contribution in [2.24, 2.45) is 10.8 Å². The molecule has 1 aliphatic heterocycles. The highest BCUT2D eigenvalue weighted by Gasteiger charge is 2.19. The van der Waals surface area contributed by atoms with Gasteiger partial charge in [0.1, 0.15) is 5.75 Å². The number of hydrogen-bond acceptors (Lipinski definition) is 5. The molecule has 1 aromatic carbocycles. The summed E-state index contributed by atoms with van der Waals surface area (Å²) in [5, 5.41) is 4.48. The van der Waals surface area contributed by atoms with Gasteiger partial charge in [-0.25, -0.2) is 5.43 Å². The van der Waals surface area contributed by atoms with Crippen LogP contribution in [0.1, 0.15) is 32.3 Å². The molecule has 1 heterocycles. The second-order valence-electron chi connectivity index (χ2n) is 6.76. The van der Waals surface area contributed by atoms with Crippen LogP contribution in [-0.2, 0) is 9.59 Å². The zero-order chi connectivity index (χ0) is 18.6. The normalized spacial score (nSPS) is 14.6. The van der Waals surface area contributed by atoms with E-state index in [4.69, 9.17) is 22.1 Å². The minimum Gasteiger partial charge on any atom is -0.484 e. The Labute approximate surface area is 152 Å². The van der Waals surface area contributed by atoms with E-state index in [1.807, 2.05) is 13.8 Å². The van der Waals surface area contributed by atoms with Gasteiger partial charge in [-0.1, -0.05) is 11.6 Å². The van der Waals surface area contributed by atoms with Crippen molar-refractivity contribution < 1.29 is 14.3 Å². The largest absolute Gasteiger partial charge is 0.484 e. The molecule has 0 atom stereocenters. The van der Waals surface area contributed by atoms with E-state index in [2.05, 4.69) is 10.5 Å². The van der Waals surface area contributed by atoms with Crippen LogP contribution in [0.3, 0.4) is 0 Å². The molecule has 2 amide bonds. The van der Waals surface area contributed by atoms with Crippen molar-refractivity contribution in [3.63, 3.8) is 0 Å². The molecule has 0 saturated carbocycles. The first-order chi connectivity index (χ1) is 11.7. The van der Waals surface area contributed by atoms with Crippen molar-refractivity contribution >= 4 is 29.1 Å². The Morgan fingerprint density at radius 1 is 1.44 bits per heavy atom. The van der Waals surface area contributed by atoms with Crippen LogP contribution in [0.15, 0.2) is 23.3 Å². The quantitative estimate of drug-likeness (QED) is 0.797. The second kappa shape index (κ2) is 7.84. The Balaban J connectivity index is 1.97. The third-order valence-electron chi connectivity index (χ3n) is 3.59. The first-order valence-electron chi connectivity index (χ1n) is 7.97. The molecule has 25 heavy (non-hydrogen) atoms. The van der Waals surface area contributed by atoms with Gasteiger partial charge in [-0.05, 0) is 32.0 Å². The molecule has 3 N–H and O–H groups in total. The molecule has 0 bridgehead atoms. The molecular formula is C17H23ClN4O3. The summed E-state index contributed by atoms with van der Waals surface area (Å²) in [6.45, 7) is 4.04. The third kappa shape index (κ3) is 5.72. The summed E-state index contributed by atoms with van der Waals surface area (Å²) in [4.78, 5) is 24.8. The summed E-state index contributed by atoms with van der Waals surface area (Å²) in [5.41, 5.74) is 9.34. The molecule has 0 unspecified atom stereocenters. The Morgan fingerprint density at radius 3 is 2.72 bits per heavy atom. The highest BCUT2D eigenvalue weighted by Crippen LogP contribution is 2.25. The van der Waals surface area contributed by atoms with E-state index < -0.39 is 5.54 Å². The number of carbonyl (C=O) groups is 2. The number of nitrogens with one attached hydrogen (secondary N) is 1. The van der Waals surface area contributed by atoms with Gasteiger partial charge in [-0.2, -0.15) is 5.10 Å². The molecule has 0 radical (unpaired) electrons. The van der Waals surface area contributed by atoms with Gasteiger partial charge in [0.05, 0.1) is 10.7 Å². The van der Waals surface area contributed by atoms with Gasteiger partial charge in [0.2, 0.25) is 5.91 Å². The van der Waals surface area contributed by atoms with Crippen molar-refractivity contribution in [3.8, 4) is 5.75 Å². The van der Waals surface area contributed by atoms with Crippen LogP contribution in [0.4, 0.5) is 0 Å². The van der Waals surface area contributed by atoms with Crippen LogP contribution in [0.5, 0.6) is 5.75 Å². The molecule has 7 nitrogen and oxygen atoms in total. The van der Waals surface area contributed by atoms with Crippen LogP contribution < -0.4 is 15.9 Å². The molecular weight excluding hydrogens is 344 g/mol. The number of benzene rings is 1. The van der Waals surface area contributed by atoms with Crippen molar-refractivity contribution in [1.29, 1.82) is 0 Å². The average molecular weight is 367 g/mol. The van der Waals surface area contributed by atoms with E-state index in [1.165, 1.54) is 4.90 Å². The fourth-order valence-corrected chi connectivity index (χ4v) is 2.72. The molecule has 0 fully saturated rings. The van der Waals surface area contributed by atoms with E-state index in [1.54, 1.807) is 25.2 Å². The maximum absolute atomic E-state index is 12.1. The third-order valence-corrected chi connectivity index (χ3v) is 3.90. The first-order valence-corrected chi connectivity index (χ1v) is 8.34. The lowest BCUT2D eigenvalue weighted by molar-refractivity contribution is -0.132. The molecule has 8 heteroatoms. The van der Waals surface area contributed by atoms with Crippen molar-refractivity contribution in [3.05, 3.63) is 28.8 Å². The predicted octanol–water partition coefficient (Wildman–Crippen LogP) is 1.53. The lowest BCUT2D eigenvalue weighted by Crippen LogP contribution is -2.47. The molecule has 1 aliphatic rings. The summed E-state index contributed by atoms with van der Waals surface area (Å²) in [6, 6.07) is 5.13. The van der Waals surface area contributed by atoms with Crippen molar-refractivity contribution in [2.45, 2.75) is 32.2 Å². The fraction of sp³-hybridized carbons (Fsp3) is 0.471. The summed E-state index contributed by atoms with van der Waals surface area (Å²) in [7, 11) is 1.69. The molecule has 0 aliphatic carbocycles. The lowest BCUT2D eigenvalue weighted by Gasteiger charge is -2.26. The minimum absolute atomic E-state index is 0.0980. The van der Waals surface area contributed by atoms with Gasteiger partial charge in [0, 0.05) is 37.5 Å². The van der Waals surface area contributed by atoms with Gasteiger partial charge in [-0.15, -0.1) is 0 Å². The van der Waals surface area contributed by atoms with Crippen LogP contribution in [0, 0.1) is 0 Å². The zero-order valence-electron chi connectivity index (χ0n) is 14.6. The maximum Gasteiger partial charge on any atom is 0.260 e. The number of carbonyl (C=O) groups excluding carboxylic acids is 2. The van der Waals surface area contributed by atoms with Gasteiger partial charge in [0.15, 0.2) is 6.61 Å². The molecule has 0 aromatic heterocycles. The number of nitrogens with zero attached hydrogens (tertiary/aromatic N) is 2. The Kier molecular flexibility index (Phi) is 6.02. The summed E-state index contributed by atoms with van der Waals surface area (Å²) in [5.74, 6) is 0.212. The molecule has 1 aromatic rings. The van der Waals surface area contributed by atoms with Gasteiger partial charge in [-0.3, -0.25) is 9.59 Å². The van der Waals surface area contributed by atoms with Crippen LogP contribution in [-0.4, -0.2) is 48.2 Å².